The number of nitrogens with zero attached hydrogens (tertiary/aromatic N) is 3. The van der Waals surface area contributed by atoms with Gasteiger partial charge in [-0.2, -0.15) is 8.78 Å². The van der Waals surface area contributed by atoms with Gasteiger partial charge in [0, 0.05) is 25.4 Å². The summed E-state index contributed by atoms with van der Waals surface area (Å²) in [6.07, 6.45) is 3.80. The summed E-state index contributed by atoms with van der Waals surface area (Å²) in [6.45, 7) is -2.28. The molecule has 0 saturated carbocycles. The Balaban J connectivity index is 1.38. The predicted molar refractivity (Wildman–Crippen MR) is 111 cm³/mol. The normalized spacial score (nSPS) is 15.9. The second-order valence-electron chi connectivity index (χ2n) is 7.54. The molecule has 1 N–H and O–H groups in total. The molecule has 1 aromatic heterocycles. The van der Waals surface area contributed by atoms with Crippen LogP contribution in [0.3, 0.4) is 0 Å². The standard InChI is InChI=1S/C23H24F2N4O2/c24-23(25)31-19-9-5-4-8-18(19)22(30)26-17-11-13-21-28-27-20(29(21)15-14-17)12-10-16-6-2-1-3-7-16/h1-9,17,23H,10-15H2,(H,26,30). The van der Waals surface area contributed by atoms with Gasteiger partial charge in [-0.3, -0.25) is 4.79 Å². The molecule has 4 rings (SSSR count). The van der Waals surface area contributed by atoms with Crippen molar-refractivity contribution in [3.8, 4) is 5.75 Å². The Labute approximate surface area is 179 Å². The first-order chi connectivity index (χ1) is 15.1. The minimum atomic E-state index is -2.98. The number of aryl methyl sites for hydroxylation is 3. The molecule has 1 aliphatic rings. The van der Waals surface area contributed by atoms with Crippen molar-refractivity contribution in [2.45, 2.75) is 51.3 Å². The highest BCUT2D eigenvalue weighted by Crippen LogP contribution is 2.22. The number of aromatic nitrogens is 3. The predicted octanol–water partition coefficient (Wildman–Crippen LogP) is 3.80. The second-order valence-corrected chi connectivity index (χ2v) is 7.54. The molecule has 0 spiro atoms. The fourth-order valence-electron chi connectivity index (χ4n) is 3.89. The van der Waals surface area contributed by atoms with E-state index in [0.29, 0.717) is 25.8 Å². The SMILES string of the molecule is O=C(NC1CCc2nnc(CCc3ccccc3)n2CC1)c1ccccc1OC(F)F. The summed E-state index contributed by atoms with van der Waals surface area (Å²) in [5.41, 5.74) is 1.36. The summed E-state index contributed by atoms with van der Waals surface area (Å²) in [7, 11) is 0. The molecule has 0 fully saturated rings. The molecule has 31 heavy (non-hydrogen) atoms. The Morgan fingerprint density at radius 2 is 1.84 bits per heavy atom. The van der Waals surface area contributed by atoms with E-state index in [1.807, 2.05) is 18.2 Å². The zero-order chi connectivity index (χ0) is 21.6. The van der Waals surface area contributed by atoms with Gasteiger partial charge in [-0.05, 0) is 37.0 Å². The van der Waals surface area contributed by atoms with Crippen LogP contribution in [0.15, 0.2) is 54.6 Å². The van der Waals surface area contributed by atoms with Crippen LogP contribution in [-0.2, 0) is 25.8 Å². The van der Waals surface area contributed by atoms with Crippen LogP contribution in [0, 0.1) is 0 Å². The molecule has 162 valence electrons. The maximum Gasteiger partial charge on any atom is 0.387 e. The molecule has 6 nitrogen and oxygen atoms in total. The summed E-state index contributed by atoms with van der Waals surface area (Å²) in [5, 5.41) is 11.7. The number of para-hydroxylation sites is 1. The van der Waals surface area contributed by atoms with Crippen molar-refractivity contribution >= 4 is 5.91 Å². The number of alkyl halides is 2. The number of hydrogen-bond acceptors (Lipinski definition) is 4. The number of fused-ring (bicyclic) bond motifs is 1. The van der Waals surface area contributed by atoms with Crippen molar-refractivity contribution in [3.05, 3.63) is 77.4 Å². The van der Waals surface area contributed by atoms with E-state index >= 15 is 0 Å². The lowest BCUT2D eigenvalue weighted by atomic mass is 10.1. The number of benzene rings is 2. The van der Waals surface area contributed by atoms with Crippen LogP contribution in [0.4, 0.5) is 8.78 Å². The Morgan fingerprint density at radius 3 is 2.65 bits per heavy atom. The number of ether oxygens (including phenoxy) is 1. The molecule has 2 aromatic carbocycles. The summed E-state index contributed by atoms with van der Waals surface area (Å²) >= 11 is 0. The number of rotatable bonds is 7. The monoisotopic (exact) mass is 426 g/mol. The molecule has 0 saturated heterocycles. The third-order valence-corrected chi connectivity index (χ3v) is 5.48. The molecule has 0 bridgehead atoms. The Hall–Kier alpha value is -3.29. The Morgan fingerprint density at radius 1 is 1.06 bits per heavy atom. The first kappa shape index (κ1) is 21.0. The number of amides is 1. The van der Waals surface area contributed by atoms with E-state index in [9.17, 15) is 13.6 Å². The molecule has 1 unspecified atom stereocenters. The van der Waals surface area contributed by atoms with Crippen molar-refractivity contribution in [2.24, 2.45) is 0 Å². The van der Waals surface area contributed by atoms with Gasteiger partial charge in [0.1, 0.15) is 17.4 Å². The highest BCUT2D eigenvalue weighted by Gasteiger charge is 2.23. The van der Waals surface area contributed by atoms with Gasteiger partial charge >= 0.3 is 6.61 Å². The van der Waals surface area contributed by atoms with Gasteiger partial charge in [-0.1, -0.05) is 42.5 Å². The zero-order valence-electron chi connectivity index (χ0n) is 17.0. The van der Waals surface area contributed by atoms with E-state index in [4.69, 9.17) is 0 Å². The van der Waals surface area contributed by atoms with E-state index in [1.54, 1.807) is 12.1 Å². The maximum absolute atomic E-state index is 12.7. The van der Waals surface area contributed by atoms with Crippen molar-refractivity contribution in [1.29, 1.82) is 0 Å². The smallest absolute Gasteiger partial charge is 0.387 e. The molecule has 1 amide bonds. The maximum atomic E-state index is 12.7. The summed E-state index contributed by atoms with van der Waals surface area (Å²) in [5.74, 6) is 1.33. The average Bonchev–Trinajstić information content (AvgIpc) is 3.05. The van der Waals surface area contributed by atoms with E-state index in [0.717, 1.165) is 24.5 Å². The fraction of sp³-hybridized carbons (Fsp3) is 0.348. The largest absolute Gasteiger partial charge is 0.434 e. The van der Waals surface area contributed by atoms with Crippen molar-refractivity contribution in [2.75, 3.05) is 0 Å². The van der Waals surface area contributed by atoms with E-state index in [1.165, 1.54) is 17.7 Å². The Bertz CT molecular complexity index is 1020. The van der Waals surface area contributed by atoms with E-state index in [-0.39, 0.29) is 17.4 Å². The van der Waals surface area contributed by atoms with Crippen molar-refractivity contribution < 1.29 is 18.3 Å². The van der Waals surface area contributed by atoms with E-state index < -0.39 is 12.5 Å². The minimum absolute atomic E-state index is 0.0872. The summed E-state index contributed by atoms with van der Waals surface area (Å²) in [4.78, 5) is 12.7. The molecule has 1 atom stereocenters. The van der Waals surface area contributed by atoms with Crippen LogP contribution >= 0.6 is 0 Å². The van der Waals surface area contributed by atoms with Crippen LogP contribution in [0.2, 0.25) is 0 Å². The van der Waals surface area contributed by atoms with Gasteiger partial charge in [-0.25, -0.2) is 0 Å². The summed E-state index contributed by atoms with van der Waals surface area (Å²) in [6, 6.07) is 16.2. The van der Waals surface area contributed by atoms with E-state index in [2.05, 4.69) is 37.0 Å². The lowest BCUT2D eigenvalue weighted by molar-refractivity contribution is -0.0501. The third kappa shape index (κ3) is 5.25. The first-order valence-corrected chi connectivity index (χ1v) is 10.4. The number of carbonyl (C=O) groups is 1. The first-order valence-electron chi connectivity index (χ1n) is 10.4. The van der Waals surface area contributed by atoms with Crippen LogP contribution < -0.4 is 10.1 Å². The topological polar surface area (TPSA) is 69.0 Å². The van der Waals surface area contributed by atoms with Gasteiger partial charge in [0.25, 0.3) is 5.91 Å². The lowest BCUT2D eigenvalue weighted by Crippen LogP contribution is -2.35. The summed E-state index contributed by atoms with van der Waals surface area (Å²) < 4.78 is 31.9. The van der Waals surface area contributed by atoms with Crippen LogP contribution in [0.1, 0.15) is 40.4 Å². The molecule has 0 aliphatic carbocycles. The number of hydrogen-bond donors (Lipinski definition) is 1. The molecule has 1 aliphatic heterocycles. The van der Waals surface area contributed by atoms with Crippen molar-refractivity contribution in [3.63, 3.8) is 0 Å². The van der Waals surface area contributed by atoms with Gasteiger partial charge in [-0.15, -0.1) is 10.2 Å². The van der Waals surface area contributed by atoms with Gasteiger partial charge in [0.05, 0.1) is 5.56 Å². The molecular weight excluding hydrogens is 402 g/mol. The second kappa shape index (κ2) is 9.68. The van der Waals surface area contributed by atoms with Crippen LogP contribution in [0.25, 0.3) is 0 Å². The van der Waals surface area contributed by atoms with Crippen LogP contribution in [0.5, 0.6) is 5.75 Å². The molecular formula is C23H24F2N4O2. The zero-order valence-corrected chi connectivity index (χ0v) is 17.0. The Kier molecular flexibility index (Phi) is 6.54. The highest BCUT2D eigenvalue weighted by atomic mass is 19.3. The van der Waals surface area contributed by atoms with Gasteiger partial charge < -0.3 is 14.6 Å². The highest BCUT2D eigenvalue weighted by molar-refractivity contribution is 5.97. The van der Waals surface area contributed by atoms with Gasteiger partial charge in [0.15, 0.2) is 0 Å². The lowest BCUT2D eigenvalue weighted by Gasteiger charge is -2.17. The molecule has 8 heteroatoms. The van der Waals surface area contributed by atoms with Gasteiger partial charge in [0.2, 0.25) is 0 Å². The number of carbonyl (C=O) groups excluding carboxylic acids is 1. The molecule has 2 heterocycles. The van der Waals surface area contributed by atoms with Crippen molar-refractivity contribution in [1.82, 2.24) is 20.1 Å². The molecule has 0 radical (unpaired) electrons. The minimum Gasteiger partial charge on any atom is -0.434 e. The third-order valence-electron chi connectivity index (χ3n) is 5.48. The quantitative estimate of drug-likeness (QED) is 0.624. The molecule has 3 aromatic rings. The van der Waals surface area contributed by atoms with Crippen LogP contribution in [-0.4, -0.2) is 33.3 Å². The fourth-order valence-corrected chi connectivity index (χ4v) is 3.89. The average molecular weight is 426 g/mol. The number of halogens is 2. The number of nitrogens with one attached hydrogen (secondary N) is 1.